The lowest BCUT2D eigenvalue weighted by atomic mass is 9.91. The summed E-state index contributed by atoms with van der Waals surface area (Å²) in [5, 5.41) is 6.69. The van der Waals surface area contributed by atoms with Crippen LogP contribution in [0, 0.1) is 17.3 Å². The van der Waals surface area contributed by atoms with Gasteiger partial charge in [0, 0.05) is 12.0 Å². The Morgan fingerprint density at radius 1 is 1.28 bits per heavy atom. The van der Waals surface area contributed by atoms with Crippen LogP contribution < -0.4 is 10.6 Å². The zero-order valence-corrected chi connectivity index (χ0v) is 11.5. The topological polar surface area (TPSA) is 41.1 Å². The van der Waals surface area contributed by atoms with Gasteiger partial charge in [-0.2, -0.15) is 0 Å². The van der Waals surface area contributed by atoms with Crippen molar-refractivity contribution in [1.82, 2.24) is 10.6 Å². The number of rotatable bonds is 3. The molecule has 3 heteroatoms. The minimum absolute atomic E-state index is 0.323. The van der Waals surface area contributed by atoms with Gasteiger partial charge in [-0.3, -0.25) is 4.79 Å². The maximum absolute atomic E-state index is 12.3. The quantitative estimate of drug-likeness (QED) is 0.805. The summed E-state index contributed by atoms with van der Waals surface area (Å²) in [6, 6.07) is 0.388. The number of hydrogen-bond acceptors (Lipinski definition) is 2. The van der Waals surface area contributed by atoms with E-state index in [4.69, 9.17) is 0 Å². The van der Waals surface area contributed by atoms with Crippen molar-refractivity contribution in [3.63, 3.8) is 0 Å². The monoisotopic (exact) mass is 250 g/mol. The fourth-order valence-corrected chi connectivity index (χ4v) is 4.10. The van der Waals surface area contributed by atoms with E-state index in [-0.39, 0.29) is 0 Å². The van der Waals surface area contributed by atoms with E-state index in [2.05, 4.69) is 17.6 Å². The van der Waals surface area contributed by atoms with Gasteiger partial charge in [-0.25, -0.2) is 0 Å². The lowest BCUT2D eigenvalue weighted by Crippen LogP contribution is -2.40. The predicted octanol–water partition coefficient (Wildman–Crippen LogP) is 2.07. The molecule has 1 saturated heterocycles. The number of piperidine rings is 1. The fourth-order valence-electron chi connectivity index (χ4n) is 4.10. The Kier molecular flexibility index (Phi) is 3.35. The highest BCUT2D eigenvalue weighted by Gasteiger charge is 2.57. The average Bonchev–Trinajstić information content (AvgIpc) is 2.84. The molecule has 0 radical (unpaired) electrons. The average molecular weight is 250 g/mol. The molecule has 0 bridgehead atoms. The fraction of sp³-hybridized carbons (Fsp3) is 0.933. The van der Waals surface area contributed by atoms with E-state index in [0.29, 0.717) is 23.3 Å². The van der Waals surface area contributed by atoms with E-state index in [1.807, 2.05) is 0 Å². The van der Waals surface area contributed by atoms with Crippen molar-refractivity contribution in [3.8, 4) is 0 Å². The molecule has 3 rings (SSSR count). The zero-order valence-electron chi connectivity index (χ0n) is 11.5. The minimum atomic E-state index is 0.323. The summed E-state index contributed by atoms with van der Waals surface area (Å²) in [6.07, 6.45) is 8.85. The van der Waals surface area contributed by atoms with Gasteiger partial charge in [0.05, 0.1) is 0 Å². The summed E-state index contributed by atoms with van der Waals surface area (Å²) >= 11 is 0. The minimum Gasteiger partial charge on any atom is -0.353 e. The van der Waals surface area contributed by atoms with Crippen LogP contribution in [0.4, 0.5) is 0 Å². The van der Waals surface area contributed by atoms with Crippen molar-refractivity contribution in [1.29, 1.82) is 0 Å². The Morgan fingerprint density at radius 2 is 1.94 bits per heavy atom. The molecule has 3 aliphatic rings. The first-order valence-electron chi connectivity index (χ1n) is 7.72. The predicted molar refractivity (Wildman–Crippen MR) is 72.2 cm³/mol. The first kappa shape index (κ1) is 12.5. The van der Waals surface area contributed by atoms with Gasteiger partial charge in [0.15, 0.2) is 0 Å². The van der Waals surface area contributed by atoms with Crippen LogP contribution in [0.15, 0.2) is 0 Å². The number of hydrogen-bond donors (Lipinski definition) is 2. The Labute approximate surface area is 110 Å². The van der Waals surface area contributed by atoms with Crippen molar-refractivity contribution >= 4 is 5.91 Å². The van der Waals surface area contributed by atoms with Gasteiger partial charge in [0.1, 0.15) is 0 Å². The summed E-state index contributed by atoms with van der Waals surface area (Å²) in [5.74, 6) is 1.40. The van der Waals surface area contributed by atoms with E-state index in [0.717, 1.165) is 25.4 Å². The molecular weight excluding hydrogens is 224 g/mol. The molecule has 2 saturated carbocycles. The molecular formula is C15H26N2O. The molecule has 102 valence electrons. The molecule has 0 aromatic rings. The molecule has 1 heterocycles. The van der Waals surface area contributed by atoms with Crippen molar-refractivity contribution in [2.24, 2.45) is 17.3 Å². The van der Waals surface area contributed by atoms with Crippen molar-refractivity contribution in [3.05, 3.63) is 0 Å². The second-order valence-corrected chi connectivity index (χ2v) is 6.71. The third kappa shape index (κ3) is 2.29. The summed E-state index contributed by atoms with van der Waals surface area (Å²) in [5.41, 5.74) is 0.380. The smallest absolute Gasteiger partial charge is 0.223 e. The molecule has 1 aliphatic heterocycles. The van der Waals surface area contributed by atoms with E-state index in [1.54, 1.807) is 0 Å². The maximum Gasteiger partial charge on any atom is 0.223 e. The van der Waals surface area contributed by atoms with Gasteiger partial charge in [-0.15, -0.1) is 0 Å². The van der Waals surface area contributed by atoms with Crippen molar-refractivity contribution in [2.75, 3.05) is 13.1 Å². The van der Waals surface area contributed by atoms with E-state index in [9.17, 15) is 4.79 Å². The van der Waals surface area contributed by atoms with Gasteiger partial charge >= 0.3 is 0 Å². The Balaban J connectivity index is 1.50. The van der Waals surface area contributed by atoms with Crippen LogP contribution in [0.1, 0.15) is 51.9 Å². The summed E-state index contributed by atoms with van der Waals surface area (Å²) < 4.78 is 0. The van der Waals surface area contributed by atoms with Crippen molar-refractivity contribution < 1.29 is 4.79 Å². The highest BCUT2D eigenvalue weighted by Crippen LogP contribution is 2.58. The molecule has 1 spiro atoms. The molecule has 18 heavy (non-hydrogen) atoms. The van der Waals surface area contributed by atoms with E-state index in [1.165, 1.54) is 38.5 Å². The first-order valence-corrected chi connectivity index (χ1v) is 7.72. The molecule has 2 aliphatic carbocycles. The van der Waals surface area contributed by atoms with Crippen LogP contribution in [-0.4, -0.2) is 25.0 Å². The summed E-state index contributed by atoms with van der Waals surface area (Å²) in [4.78, 5) is 12.3. The SMILES string of the molecule is C[C@H](NC(=O)C1CC12CCNCC2)C1CCCC1. The second-order valence-electron chi connectivity index (χ2n) is 6.71. The lowest BCUT2D eigenvalue weighted by Gasteiger charge is -2.25. The normalized spacial score (nSPS) is 32.4. The molecule has 1 amide bonds. The third-order valence-corrected chi connectivity index (χ3v) is 5.58. The van der Waals surface area contributed by atoms with Gasteiger partial charge in [-0.05, 0) is 63.5 Å². The van der Waals surface area contributed by atoms with E-state index < -0.39 is 0 Å². The molecule has 2 N–H and O–H groups in total. The molecule has 0 aromatic carbocycles. The number of carbonyl (C=O) groups is 1. The molecule has 2 atom stereocenters. The van der Waals surface area contributed by atoms with Gasteiger partial charge < -0.3 is 10.6 Å². The van der Waals surface area contributed by atoms with Gasteiger partial charge in [-0.1, -0.05) is 12.8 Å². The van der Waals surface area contributed by atoms with Crippen LogP contribution in [-0.2, 0) is 4.79 Å². The molecule has 3 nitrogen and oxygen atoms in total. The highest BCUT2D eigenvalue weighted by molar-refractivity contribution is 5.82. The van der Waals surface area contributed by atoms with Gasteiger partial charge in [0.25, 0.3) is 0 Å². The van der Waals surface area contributed by atoms with E-state index >= 15 is 0 Å². The second kappa shape index (κ2) is 4.84. The Morgan fingerprint density at radius 3 is 2.61 bits per heavy atom. The number of amides is 1. The summed E-state index contributed by atoms with van der Waals surface area (Å²) in [6.45, 7) is 4.40. The van der Waals surface area contributed by atoms with Crippen molar-refractivity contribution in [2.45, 2.75) is 57.9 Å². The molecule has 3 fully saturated rings. The summed E-state index contributed by atoms with van der Waals surface area (Å²) in [7, 11) is 0. The van der Waals surface area contributed by atoms with Crippen LogP contribution in [0.5, 0.6) is 0 Å². The maximum atomic E-state index is 12.3. The highest BCUT2D eigenvalue weighted by atomic mass is 16.2. The number of carbonyl (C=O) groups excluding carboxylic acids is 1. The van der Waals surface area contributed by atoms with Crippen LogP contribution in [0.25, 0.3) is 0 Å². The van der Waals surface area contributed by atoms with Crippen LogP contribution >= 0.6 is 0 Å². The van der Waals surface area contributed by atoms with Crippen LogP contribution in [0.2, 0.25) is 0 Å². The Hall–Kier alpha value is -0.570. The van der Waals surface area contributed by atoms with Crippen LogP contribution in [0.3, 0.4) is 0 Å². The zero-order chi connectivity index (χ0) is 12.6. The molecule has 1 unspecified atom stereocenters. The standard InChI is InChI=1S/C15H26N2O/c1-11(12-4-2-3-5-12)17-14(18)13-10-15(13)6-8-16-9-7-15/h11-13,16H,2-10H2,1H3,(H,17,18)/t11-,13?/m0/s1. The third-order valence-electron chi connectivity index (χ3n) is 5.58. The lowest BCUT2D eigenvalue weighted by molar-refractivity contribution is -0.124. The molecule has 0 aromatic heterocycles. The first-order chi connectivity index (χ1) is 8.71. The Bertz CT molecular complexity index is 316. The largest absolute Gasteiger partial charge is 0.353 e. The van der Waals surface area contributed by atoms with Gasteiger partial charge in [0.2, 0.25) is 5.91 Å². The number of nitrogens with one attached hydrogen (secondary N) is 2.